The van der Waals surface area contributed by atoms with E-state index in [1.807, 2.05) is 30.3 Å². The molecule has 0 atom stereocenters. The molecule has 25 heavy (non-hydrogen) atoms. The Morgan fingerprint density at radius 2 is 1.88 bits per heavy atom. The number of likely N-dealkylation sites (tertiary alicyclic amines) is 1. The number of aromatic nitrogens is 1. The van der Waals surface area contributed by atoms with E-state index in [0.717, 1.165) is 48.7 Å². The molecule has 0 amide bonds. The van der Waals surface area contributed by atoms with Gasteiger partial charge in [0, 0.05) is 23.4 Å². The Balaban J connectivity index is 1.33. The van der Waals surface area contributed by atoms with Gasteiger partial charge in [0.15, 0.2) is 5.78 Å². The second-order valence-corrected chi connectivity index (χ2v) is 8.21. The minimum atomic E-state index is 0.163. The first-order valence-electron chi connectivity index (χ1n) is 8.59. The third-order valence-corrected chi connectivity index (χ3v) is 6.62. The Hall–Kier alpha value is -1.82. The molecule has 128 valence electrons. The lowest BCUT2D eigenvalue weighted by Crippen LogP contribution is -2.36. The Kier molecular flexibility index (Phi) is 5.06. The number of ketones is 1. The van der Waals surface area contributed by atoms with E-state index in [0.29, 0.717) is 5.78 Å². The number of thiazole rings is 1. The smallest absolute Gasteiger partial charge is 0.166 e. The molecule has 1 saturated heterocycles. The van der Waals surface area contributed by atoms with Crippen LogP contribution in [-0.2, 0) is 6.54 Å². The maximum Gasteiger partial charge on any atom is 0.166 e. The van der Waals surface area contributed by atoms with Gasteiger partial charge in [-0.2, -0.15) is 0 Å². The maximum atomic E-state index is 12.6. The molecule has 0 unspecified atom stereocenters. The van der Waals surface area contributed by atoms with Gasteiger partial charge < -0.3 is 0 Å². The van der Waals surface area contributed by atoms with Gasteiger partial charge in [0.25, 0.3) is 0 Å². The second-order valence-electron chi connectivity index (χ2n) is 6.40. The SMILES string of the molecule is O=C(c1ccccc1)C1CCN(Cc2csc(-c3cccs3)n2)CC1. The summed E-state index contributed by atoms with van der Waals surface area (Å²) in [5.74, 6) is 0.463. The zero-order valence-electron chi connectivity index (χ0n) is 13.9. The lowest BCUT2D eigenvalue weighted by atomic mass is 9.89. The average molecular weight is 369 g/mol. The molecule has 1 fully saturated rings. The summed E-state index contributed by atoms with van der Waals surface area (Å²) < 4.78 is 0. The minimum Gasteiger partial charge on any atom is -0.297 e. The van der Waals surface area contributed by atoms with Gasteiger partial charge in [0.05, 0.1) is 10.6 Å². The molecule has 0 saturated carbocycles. The van der Waals surface area contributed by atoms with Crippen molar-refractivity contribution in [3.63, 3.8) is 0 Å². The van der Waals surface area contributed by atoms with Crippen molar-refractivity contribution < 1.29 is 4.79 Å². The number of thiophene rings is 1. The van der Waals surface area contributed by atoms with Crippen LogP contribution in [-0.4, -0.2) is 28.8 Å². The third-order valence-electron chi connectivity index (χ3n) is 4.69. The highest BCUT2D eigenvalue weighted by Gasteiger charge is 2.26. The van der Waals surface area contributed by atoms with Gasteiger partial charge in [0.2, 0.25) is 0 Å². The minimum absolute atomic E-state index is 0.163. The van der Waals surface area contributed by atoms with E-state index in [9.17, 15) is 4.79 Å². The van der Waals surface area contributed by atoms with E-state index >= 15 is 0 Å². The molecule has 3 nitrogen and oxygen atoms in total. The lowest BCUT2D eigenvalue weighted by Gasteiger charge is -2.30. The topological polar surface area (TPSA) is 33.2 Å². The highest BCUT2D eigenvalue weighted by Crippen LogP contribution is 2.29. The van der Waals surface area contributed by atoms with Crippen LogP contribution < -0.4 is 0 Å². The molecular formula is C20H20N2OS2. The third kappa shape index (κ3) is 3.89. The van der Waals surface area contributed by atoms with E-state index in [4.69, 9.17) is 4.98 Å². The summed E-state index contributed by atoms with van der Waals surface area (Å²) in [6, 6.07) is 13.9. The van der Waals surface area contributed by atoms with Gasteiger partial charge in [-0.25, -0.2) is 4.98 Å². The van der Waals surface area contributed by atoms with Crippen LogP contribution in [0.5, 0.6) is 0 Å². The Morgan fingerprint density at radius 1 is 1.08 bits per heavy atom. The molecule has 0 aliphatic carbocycles. The summed E-state index contributed by atoms with van der Waals surface area (Å²) in [6.45, 7) is 2.82. The van der Waals surface area contributed by atoms with E-state index < -0.39 is 0 Å². The van der Waals surface area contributed by atoms with Crippen molar-refractivity contribution in [2.45, 2.75) is 19.4 Å². The average Bonchev–Trinajstić information content (AvgIpc) is 3.34. The van der Waals surface area contributed by atoms with Crippen LogP contribution in [0.3, 0.4) is 0 Å². The number of carbonyl (C=O) groups is 1. The summed E-state index contributed by atoms with van der Waals surface area (Å²) in [6.07, 6.45) is 1.88. The summed E-state index contributed by atoms with van der Waals surface area (Å²) >= 11 is 3.45. The molecule has 3 aromatic rings. The molecule has 0 N–H and O–H groups in total. The van der Waals surface area contributed by atoms with Gasteiger partial charge in [-0.1, -0.05) is 36.4 Å². The van der Waals surface area contributed by atoms with Crippen LogP contribution in [0.4, 0.5) is 0 Å². The summed E-state index contributed by atoms with van der Waals surface area (Å²) in [5.41, 5.74) is 1.99. The van der Waals surface area contributed by atoms with Gasteiger partial charge >= 0.3 is 0 Å². The number of Topliss-reactive ketones (excluding diaryl/α,β-unsaturated/α-hetero) is 1. The van der Waals surface area contributed by atoms with Crippen LogP contribution in [0, 0.1) is 5.92 Å². The van der Waals surface area contributed by atoms with Crippen molar-refractivity contribution >= 4 is 28.5 Å². The number of nitrogens with zero attached hydrogens (tertiary/aromatic N) is 2. The second kappa shape index (κ2) is 7.60. The fourth-order valence-electron chi connectivity index (χ4n) is 3.31. The van der Waals surface area contributed by atoms with Crippen LogP contribution in [0.2, 0.25) is 0 Å². The first-order chi connectivity index (χ1) is 12.3. The molecule has 1 aliphatic rings. The van der Waals surface area contributed by atoms with Crippen molar-refractivity contribution in [3.8, 4) is 9.88 Å². The number of hydrogen-bond donors (Lipinski definition) is 0. The molecule has 1 aliphatic heterocycles. The highest BCUT2D eigenvalue weighted by molar-refractivity contribution is 7.20. The van der Waals surface area contributed by atoms with Crippen LogP contribution >= 0.6 is 22.7 Å². The molecule has 0 bridgehead atoms. The van der Waals surface area contributed by atoms with E-state index in [1.165, 1.54) is 4.88 Å². The van der Waals surface area contributed by atoms with Gasteiger partial charge in [-0.05, 0) is 37.4 Å². The molecule has 1 aromatic carbocycles. The lowest BCUT2D eigenvalue weighted by molar-refractivity contribution is 0.0834. The van der Waals surface area contributed by atoms with Gasteiger partial charge in [-0.3, -0.25) is 9.69 Å². The van der Waals surface area contributed by atoms with E-state index in [2.05, 4.69) is 27.8 Å². The van der Waals surface area contributed by atoms with Gasteiger partial charge in [-0.15, -0.1) is 22.7 Å². The fourth-order valence-corrected chi connectivity index (χ4v) is 4.94. The monoisotopic (exact) mass is 368 g/mol. The number of hydrogen-bond acceptors (Lipinski definition) is 5. The van der Waals surface area contributed by atoms with Crippen molar-refractivity contribution in [3.05, 3.63) is 64.5 Å². The number of rotatable bonds is 5. The Labute approximate surface area is 156 Å². The van der Waals surface area contributed by atoms with Crippen LogP contribution in [0.15, 0.2) is 53.2 Å². The standard InChI is InChI=1S/C20H20N2OS2/c23-19(15-5-2-1-3-6-15)16-8-10-22(11-9-16)13-17-14-25-20(21-17)18-7-4-12-24-18/h1-7,12,14,16H,8-11,13H2. The van der Waals surface area contributed by atoms with E-state index in [-0.39, 0.29) is 5.92 Å². The molecule has 4 rings (SSSR count). The predicted molar refractivity (Wildman–Crippen MR) is 104 cm³/mol. The first kappa shape index (κ1) is 16.6. The first-order valence-corrected chi connectivity index (χ1v) is 10.4. The van der Waals surface area contributed by atoms with Crippen molar-refractivity contribution in [2.24, 2.45) is 5.92 Å². The molecular weight excluding hydrogens is 348 g/mol. The Bertz CT molecular complexity index is 819. The van der Waals surface area contributed by atoms with Crippen molar-refractivity contribution in [1.29, 1.82) is 0 Å². The Morgan fingerprint density at radius 3 is 2.60 bits per heavy atom. The van der Waals surface area contributed by atoms with Crippen LogP contribution in [0.25, 0.3) is 9.88 Å². The van der Waals surface area contributed by atoms with Crippen LogP contribution in [0.1, 0.15) is 28.9 Å². The van der Waals surface area contributed by atoms with Crippen molar-refractivity contribution in [1.82, 2.24) is 9.88 Å². The molecule has 3 heterocycles. The maximum absolute atomic E-state index is 12.6. The number of piperidine rings is 1. The molecule has 0 radical (unpaired) electrons. The fraction of sp³-hybridized carbons (Fsp3) is 0.300. The quantitative estimate of drug-likeness (QED) is 0.596. The summed E-state index contributed by atoms with van der Waals surface area (Å²) in [7, 11) is 0. The largest absolute Gasteiger partial charge is 0.297 e. The molecule has 2 aromatic heterocycles. The van der Waals surface area contributed by atoms with Crippen molar-refractivity contribution in [2.75, 3.05) is 13.1 Å². The summed E-state index contributed by atoms with van der Waals surface area (Å²) in [4.78, 5) is 21.0. The normalized spacial score (nSPS) is 16.2. The zero-order chi connectivity index (χ0) is 17.1. The summed E-state index contributed by atoms with van der Waals surface area (Å²) in [5, 5.41) is 5.36. The predicted octanol–water partition coefficient (Wildman–Crippen LogP) is 4.97. The molecule has 5 heteroatoms. The van der Waals surface area contributed by atoms with E-state index in [1.54, 1.807) is 22.7 Å². The van der Waals surface area contributed by atoms with Gasteiger partial charge in [0.1, 0.15) is 5.01 Å². The highest BCUT2D eigenvalue weighted by atomic mass is 32.1. The number of carbonyl (C=O) groups excluding carboxylic acids is 1. The molecule has 0 spiro atoms. The number of benzene rings is 1. The zero-order valence-corrected chi connectivity index (χ0v) is 15.6.